The van der Waals surface area contributed by atoms with E-state index in [1.54, 1.807) is 47.4 Å². The number of hydrogen-bond donors (Lipinski definition) is 2. The second kappa shape index (κ2) is 8.04. The lowest BCUT2D eigenvalue weighted by atomic mass is 10.1. The molecule has 0 fully saturated rings. The predicted molar refractivity (Wildman–Crippen MR) is 109 cm³/mol. The highest BCUT2D eigenvalue weighted by molar-refractivity contribution is 7.92. The summed E-state index contributed by atoms with van der Waals surface area (Å²) in [5, 5.41) is 7.71. The quantitative estimate of drug-likeness (QED) is 0.643. The van der Waals surface area contributed by atoms with Crippen molar-refractivity contribution in [1.29, 1.82) is 0 Å². The van der Waals surface area contributed by atoms with Gasteiger partial charge in [0.15, 0.2) is 0 Å². The Labute approximate surface area is 168 Å². The molecule has 0 atom stereocenters. The van der Waals surface area contributed by atoms with Crippen molar-refractivity contribution < 1.29 is 13.2 Å². The van der Waals surface area contributed by atoms with Gasteiger partial charge in [-0.15, -0.1) is 0 Å². The molecule has 3 aromatic rings. The number of nitrogens with one attached hydrogen (secondary N) is 2. The number of sulfonamides is 1. The second-order valence-corrected chi connectivity index (χ2v) is 8.56. The first-order valence-corrected chi connectivity index (χ1v) is 10.6. The molecule has 0 saturated carbocycles. The van der Waals surface area contributed by atoms with Gasteiger partial charge in [0, 0.05) is 23.3 Å². The van der Waals surface area contributed by atoms with Gasteiger partial charge in [0.05, 0.1) is 29.4 Å². The van der Waals surface area contributed by atoms with Crippen LogP contribution in [0.4, 0.5) is 5.69 Å². The Morgan fingerprint density at radius 1 is 1.18 bits per heavy atom. The molecule has 0 radical (unpaired) electrons. The van der Waals surface area contributed by atoms with Crippen LogP contribution in [0.2, 0.25) is 5.02 Å². The Hall–Kier alpha value is -2.84. The first-order chi connectivity index (χ1) is 13.2. The van der Waals surface area contributed by atoms with Crippen LogP contribution in [0.3, 0.4) is 0 Å². The first-order valence-electron chi connectivity index (χ1n) is 8.37. The Morgan fingerprint density at radius 2 is 1.89 bits per heavy atom. The highest BCUT2D eigenvalue weighted by Gasteiger charge is 2.15. The molecule has 0 bridgehead atoms. The van der Waals surface area contributed by atoms with E-state index >= 15 is 0 Å². The van der Waals surface area contributed by atoms with Gasteiger partial charge in [-0.3, -0.25) is 9.52 Å². The fourth-order valence-electron chi connectivity index (χ4n) is 2.60. The third-order valence-electron chi connectivity index (χ3n) is 3.90. The first kappa shape index (κ1) is 19.9. The molecule has 2 N–H and O–H groups in total. The molecule has 0 spiro atoms. The smallest absolute Gasteiger partial charge is 0.253 e. The van der Waals surface area contributed by atoms with Crippen molar-refractivity contribution in [3.05, 3.63) is 76.6 Å². The van der Waals surface area contributed by atoms with Crippen LogP contribution in [-0.4, -0.2) is 30.4 Å². The molecule has 0 aliphatic rings. The number of benzene rings is 2. The molecule has 1 heterocycles. The van der Waals surface area contributed by atoms with E-state index in [4.69, 9.17) is 11.6 Å². The van der Waals surface area contributed by atoms with Gasteiger partial charge in [-0.1, -0.05) is 23.2 Å². The minimum Gasteiger partial charge on any atom is -0.348 e. The standard InChI is InChI=1S/C19H19ClN4O3S/c1-13-3-8-18(23-28(2,26)27)17(9-13)19(25)21-10-14-11-22-24(12-14)16-6-4-15(20)5-7-16/h3-9,11-12,23H,10H2,1-2H3,(H,21,25). The number of carbonyl (C=O) groups is 1. The Bertz CT molecular complexity index is 1110. The van der Waals surface area contributed by atoms with E-state index in [1.165, 1.54) is 0 Å². The van der Waals surface area contributed by atoms with Gasteiger partial charge in [-0.05, 0) is 43.3 Å². The normalized spacial score (nSPS) is 11.2. The van der Waals surface area contributed by atoms with Gasteiger partial charge < -0.3 is 5.32 Å². The van der Waals surface area contributed by atoms with Crippen LogP contribution in [0.1, 0.15) is 21.5 Å². The molecule has 9 heteroatoms. The van der Waals surface area contributed by atoms with Gasteiger partial charge in [0.2, 0.25) is 10.0 Å². The van der Waals surface area contributed by atoms with E-state index in [-0.39, 0.29) is 23.7 Å². The van der Waals surface area contributed by atoms with Gasteiger partial charge >= 0.3 is 0 Å². The number of hydrogen-bond acceptors (Lipinski definition) is 4. The number of aryl methyl sites for hydroxylation is 1. The van der Waals surface area contributed by atoms with Crippen molar-refractivity contribution in [1.82, 2.24) is 15.1 Å². The van der Waals surface area contributed by atoms with Crippen molar-refractivity contribution in [2.75, 3.05) is 11.0 Å². The molecule has 7 nitrogen and oxygen atoms in total. The van der Waals surface area contributed by atoms with E-state index in [2.05, 4.69) is 15.1 Å². The molecular formula is C19H19ClN4O3S. The highest BCUT2D eigenvalue weighted by Crippen LogP contribution is 2.19. The topological polar surface area (TPSA) is 93.1 Å². The number of halogens is 1. The molecule has 3 rings (SSSR count). The van der Waals surface area contributed by atoms with Crippen molar-refractivity contribution in [3.8, 4) is 5.69 Å². The molecule has 0 saturated heterocycles. The zero-order chi connectivity index (χ0) is 20.3. The maximum Gasteiger partial charge on any atom is 0.253 e. The summed E-state index contributed by atoms with van der Waals surface area (Å²) < 4.78 is 27.1. The number of nitrogens with zero attached hydrogens (tertiary/aromatic N) is 2. The van der Waals surface area contributed by atoms with Crippen LogP contribution in [0.25, 0.3) is 5.69 Å². The Morgan fingerprint density at radius 3 is 2.57 bits per heavy atom. The third kappa shape index (κ3) is 5.11. The summed E-state index contributed by atoms with van der Waals surface area (Å²) in [6.07, 6.45) is 4.50. The summed E-state index contributed by atoms with van der Waals surface area (Å²) in [7, 11) is -3.50. The summed E-state index contributed by atoms with van der Waals surface area (Å²) in [5.74, 6) is -0.380. The third-order valence-corrected chi connectivity index (χ3v) is 4.74. The Kier molecular flexibility index (Phi) is 5.71. The van der Waals surface area contributed by atoms with E-state index in [1.807, 2.05) is 19.1 Å². The molecule has 1 amide bonds. The lowest BCUT2D eigenvalue weighted by Gasteiger charge is -2.11. The molecule has 28 heavy (non-hydrogen) atoms. The fraction of sp³-hybridized carbons (Fsp3) is 0.158. The summed E-state index contributed by atoms with van der Waals surface area (Å²) in [5.41, 5.74) is 2.99. The van der Waals surface area contributed by atoms with Crippen LogP contribution < -0.4 is 10.0 Å². The van der Waals surface area contributed by atoms with Crippen LogP contribution >= 0.6 is 11.6 Å². The molecule has 2 aromatic carbocycles. The number of carbonyl (C=O) groups excluding carboxylic acids is 1. The maximum atomic E-state index is 12.6. The van der Waals surface area contributed by atoms with Gasteiger partial charge in [-0.2, -0.15) is 5.10 Å². The maximum absolute atomic E-state index is 12.6. The molecule has 146 valence electrons. The fourth-order valence-corrected chi connectivity index (χ4v) is 3.30. The monoisotopic (exact) mass is 418 g/mol. The number of amides is 1. The number of rotatable bonds is 6. The van der Waals surface area contributed by atoms with Crippen LogP contribution in [0.5, 0.6) is 0 Å². The van der Waals surface area contributed by atoms with E-state index in [0.29, 0.717) is 5.02 Å². The number of aromatic nitrogens is 2. The summed E-state index contributed by atoms with van der Waals surface area (Å²) in [6, 6.07) is 12.2. The van der Waals surface area contributed by atoms with Gasteiger partial charge in [0.1, 0.15) is 0 Å². The summed E-state index contributed by atoms with van der Waals surface area (Å²) in [6.45, 7) is 2.08. The Balaban J connectivity index is 1.73. The van der Waals surface area contributed by atoms with Crippen molar-refractivity contribution in [2.45, 2.75) is 13.5 Å². The van der Waals surface area contributed by atoms with Gasteiger partial charge in [-0.25, -0.2) is 13.1 Å². The minimum atomic E-state index is -3.50. The lowest BCUT2D eigenvalue weighted by molar-refractivity contribution is 0.0951. The van der Waals surface area contributed by atoms with Crippen molar-refractivity contribution in [3.63, 3.8) is 0 Å². The van der Waals surface area contributed by atoms with E-state index in [0.717, 1.165) is 23.1 Å². The molecule has 1 aromatic heterocycles. The average molecular weight is 419 g/mol. The highest BCUT2D eigenvalue weighted by atomic mass is 35.5. The summed E-state index contributed by atoms with van der Waals surface area (Å²) in [4.78, 5) is 12.6. The number of anilines is 1. The van der Waals surface area contributed by atoms with Gasteiger partial charge in [0.25, 0.3) is 5.91 Å². The zero-order valence-electron chi connectivity index (χ0n) is 15.3. The summed E-state index contributed by atoms with van der Waals surface area (Å²) >= 11 is 5.89. The molecular weight excluding hydrogens is 400 g/mol. The van der Waals surface area contributed by atoms with Crippen molar-refractivity contribution in [2.24, 2.45) is 0 Å². The van der Waals surface area contributed by atoms with Crippen LogP contribution in [-0.2, 0) is 16.6 Å². The van der Waals surface area contributed by atoms with Crippen LogP contribution in [0.15, 0.2) is 54.9 Å². The predicted octanol–water partition coefficient (Wildman–Crippen LogP) is 3.14. The largest absolute Gasteiger partial charge is 0.348 e. The van der Waals surface area contributed by atoms with E-state index in [9.17, 15) is 13.2 Å². The van der Waals surface area contributed by atoms with Crippen molar-refractivity contribution >= 4 is 33.2 Å². The lowest BCUT2D eigenvalue weighted by Crippen LogP contribution is -2.24. The van der Waals surface area contributed by atoms with Crippen LogP contribution in [0, 0.1) is 6.92 Å². The second-order valence-electron chi connectivity index (χ2n) is 6.38. The molecule has 0 aliphatic heterocycles. The average Bonchev–Trinajstić information content (AvgIpc) is 3.09. The van der Waals surface area contributed by atoms with E-state index < -0.39 is 10.0 Å². The minimum absolute atomic E-state index is 0.238. The molecule has 0 aliphatic carbocycles. The zero-order valence-corrected chi connectivity index (χ0v) is 16.9. The SMILES string of the molecule is Cc1ccc(NS(C)(=O)=O)c(C(=O)NCc2cnn(-c3ccc(Cl)cc3)c2)c1. The molecule has 0 unspecified atom stereocenters.